The van der Waals surface area contributed by atoms with Gasteiger partial charge in [-0.1, -0.05) is 23.7 Å². The Labute approximate surface area is 160 Å². The van der Waals surface area contributed by atoms with Gasteiger partial charge in [0.05, 0.1) is 29.9 Å². The molecule has 0 bridgehead atoms. The molecule has 0 aromatic heterocycles. The number of hydrogen-bond acceptors (Lipinski definition) is 6. The van der Waals surface area contributed by atoms with Crippen LogP contribution in [0.5, 0.6) is 0 Å². The molecule has 2 heterocycles. The van der Waals surface area contributed by atoms with Crippen molar-refractivity contribution in [1.82, 2.24) is 0 Å². The largest absolute Gasteiger partial charge is 0.374 e. The van der Waals surface area contributed by atoms with Gasteiger partial charge in [-0.05, 0) is 18.4 Å². The van der Waals surface area contributed by atoms with Gasteiger partial charge in [0, 0.05) is 33.2 Å². The fraction of sp³-hybridized carbons (Fsp3) is 0.333. The van der Waals surface area contributed by atoms with Crippen molar-refractivity contribution >= 4 is 34.7 Å². The second kappa shape index (κ2) is 7.08. The Balaban J connectivity index is 1.84. The van der Waals surface area contributed by atoms with E-state index in [1.54, 1.807) is 17.8 Å². The number of hydrogen-bond donors (Lipinski definition) is 1. The van der Waals surface area contributed by atoms with E-state index >= 15 is 0 Å². The SMILES string of the molecule is CSc1cccc2c1NC(c1cc([N+](=O)[O-])ccc1Cl)C1OCCOC21. The molecule has 8 heteroatoms. The van der Waals surface area contributed by atoms with Gasteiger partial charge in [0.2, 0.25) is 0 Å². The number of anilines is 1. The molecular weight excluding hydrogens is 376 g/mol. The number of para-hydroxylation sites is 1. The van der Waals surface area contributed by atoms with Gasteiger partial charge in [0.25, 0.3) is 5.69 Å². The summed E-state index contributed by atoms with van der Waals surface area (Å²) >= 11 is 8.03. The molecule has 6 nitrogen and oxygen atoms in total. The highest BCUT2D eigenvalue weighted by atomic mass is 35.5. The monoisotopic (exact) mass is 392 g/mol. The molecule has 0 spiro atoms. The van der Waals surface area contributed by atoms with Crippen molar-refractivity contribution < 1.29 is 14.4 Å². The first-order valence-corrected chi connectivity index (χ1v) is 9.81. The Bertz CT molecular complexity index is 863. The molecule has 1 saturated heterocycles. The Hall–Kier alpha value is -1.80. The standard InChI is InChI=1S/C18H17ClN2O4S/c1-26-14-4-2-3-11-15(14)20-16(18-17(11)24-7-8-25-18)12-9-10(21(22)23)5-6-13(12)19/h2-6,9,16-18,20H,7-8H2,1H3. The van der Waals surface area contributed by atoms with Crippen LogP contribution >= 0.6 is 23.4 Å². The van der Waals surface area contributed by atoms with Gasteiger partial charge in [0.1, 0.15) is 12.2 Å². The molecule has 2 aromatic carbocycles. The van der Waals surface area contributed by atoms with Crippen molar-refractivity contribution in [1.29, 1.82) is 0 Å². The van der Waals surface area contributed by atoms with E-state index in [9.17, 15) is 10.1 Å². The number of nitro groups is 1. The summed E-state index contributed by atoms with van der Waals surface area (Å²) in [5.41, 5.74) is 2.66. The number of benzene rings is 2. The molecule has 26 heavy (non-hydrogen) atoms. The van der Waals surface area contributed by atoms with Crippen molar-refractivity contribution in [2.24, 2.45) is 0 Å². The second-order valence-corrected chi connectivity index (χ2v) is 7.39. The third-order valence-corrected chi connectivity index (χ3v) is 5.85. The lowest BCUT2D eigenvalue weighted by Gasteiger charge is -2.43. The highest BCUT2D eigenvalue weighted by Crippen LogP contribution is 2.48. The normalized spacial score (nSPS) is 24.3. The Morgan fingerprint density at radius 2 is 2.04 bits per heavy atom. The highest BCUT2D eigenvalue weighted by Gasteiger charge is 2.42. The lowest BCUT2D eigenvalue weighted by atomic mass is 9.87. The first kappa shape index (κ1) is 17.6. The van der Waals surface area contributed by atoms with Crippen LogP contribution in [0, 0.1) is 10.1 Å². The summed E-state index contributed by atoms with van der Waals surface area (Å²) in [6, 6.07) is 10.2. The van der Waals surface area contributed by atoms with E-state index < -0.39 is 4.92 Å². The number of rotatable bonds is 3. The number of non-ortho nitro benzene ring substituents is 1. The molecule has 0 amide bonds. The molecule has 0 aliphatic carbocycles. The lowest BCUT2D eigenvalue weighted by Crippen LogP contribution is -2.43. The van der Waals surface area contributed by atoms with Crippen molar-refractivity contribution in [2.45, 2.75) is 23.1 Å². The molecule has 2 aliphatic heterocycles. The summed E-state index contributed by atoms with van der Waals surface area (Å²) in [7, 11) is 0. The summed E-state index contributed by atoms with van der Waals surface area (Å²) in [5, 5.41) is 15.2. The van der Waals surface area contributed by atoms with Crippen molar-refractivity contribution in [3.8, 4) is 0 Å². The van der Waals surface area contributed by atoms with E-state index in [4.69, 9.17) is 21.1 Å². The molecule has 1 N–H and O–H groups in total. The van der Waals surface area contributed by atoms with Crippen LogP contribution in [0.4, 0.5) is 11.4 Å². The highest BCUT2D eigenvalue weighted by molar-refractivity contribution is 7.98. The molecule has 0 radical (unpaired) electrons. The van der Waals surface area contributed by atoms with E-state index in [-0.39, 0.29) is 23.9 Å². The van der Waals surface area contributed by atoms with Gasteiger partial charge in [-0.15, -0.1) is 11.8 Å². The maximum atomic E-state index is 11.2. The minimum Gasteiger partial charge on any atom is -0.374 e. The van der Waals surface area contributed by atoms with Crippen molar-refractivity contribution in [3.05, 3.63) is 62.7 Å². The van der Waals surface area contributed by atoms with Gasteiger partial charge in [-0.3, -0.25) is 10.1 Å². The number of fused-ring (bicyclic) bond motifs is 3. The third-order valence-electron chi connectivity index (χ3n) is 4.73. The van der Waals surface area contributed by atoms with Gasteiger partial charge >= 0.3 is 0 Å². The van der Waals surface area contributed by atoms with Crippen molar-refractivity contribution in [2.75, 3.05) is 24.8 Å². The fourth-order valence-electron chi connectivity index (χ4n) is 3.56. The van der Waals surface area contributed by atoms with Crippen LogP contribution < -0.4 is 5.32 Å². The van der Waals surface area contributed by atoms with Gasteiger partial charge in [0.15, 0.2) is 0 Å². The maximum Gasteiger partial charge on any atom is 0.269 e. The summed E-state index contributed by atoms with van der Waals surface area (Å²) in [6.45, 7) is 0.989. The molecule has 2 aromatic rings. The minimum atomic E-state index is -0.417. The first-order valence-electron chi connectivity index (χ1n) is 8.20. The first-order chi connectivity index (χ1) is 12.6. The molecule has 2 aliphatic rings. The zero-order valence-electron chi connectivity index (χ0n) is 14.0. The predicted molar refractivity (Wildman–Crippen MR) is 101 cm³/mol. The Morgan fingerprint density at radius 1 is 1.23 bits per heavy atom. The summed E-state index contributed by atoms with van der Waals surface area (Å²) < 4.78 is 12.0. The Kier molecular flexibility index (Phi) is 4.79. The molecule has 4 rings (SSSR count). The zero-order valence-corrected chi connectivity index (χ0v) is 15.5. The maximum absolute atomic E-state index is 11.2. The lowest BCUT2D eigenvalue weighted by molar-refractivity contribution is -0.384. The van der Waals surface area contributed by atoms with E-state index in [1.807, 2.05) is 24.5 Å². The summed E-state index contributed by atoms with van der Waals surface area (Å²) in [6.07, 6.45) is 1.46. The Morgan fingerprint density at radius 3 is 2.81 bits per heavy atom. The molecule has 0 saturated carbocycles. The number of halogens is 1. The predicted octanol–water partition coefficient (Wildman–Crippen LogP) is 4.59. The van der Waals surface area contributed by atoms with Crippen LogP contribution in [-0.2, 0) is 9.47 Å². The summed E-state index contributed by atoms with van der Waals surface area (Å²) in [5.74, 6) is 0. The van der Waals surface area contributed by atoms with E-state index in [0.717, 1.165) is 16.1 Å². The van der Waals surface area contributed by atoms with Crippen LogP contribution in [0.2, 0.25) is 5.02 Å². The smallest absolute Gasteiger partial charge is 0.269 e. The minimum absolute atomic E-state index is 0.00317. The number of nitrogens with one attached hydrogen (secondary N) is 1. The van der Waals surface area contributed by atoms with Gasteiger partial charge < -0.3 is 14.8 Å². The molecule has 1 fully saturated rings. The molecule has 3 unspecified atom stereocenters. The molecular formula is C18H17ClN2O4S. The topological polar surface area (TPSA) is 73.6 Å². The van der Waals surface area contributed by atoms with Crippen LogP contribution in [0.25, 0.3) is 0 Å². The summed E-state index contributed by atoms with van der Waals surface area (Å²) in [4.78, 5) is 11.9. The van der Waals surface area contributed by atoms with Crippen LogP contribution in [0.15, 0.2) is 41.3 Å². The van der Waals surface area contributed by atoms with E-state index in [2.05, 4.69) is 5.32 Å². The van der Waals surface area contributed by atoms with E-state index in [1.165, 1.54) is 12.1 Å². The number of ether oxygens (including phenoxy) is 2. The van der Waals surface area contributed by atoms with Crippen LogP contribution in [-0.4, -0.2) is 30.5 Å². The van der Waals surface area contributed by atoms with Gasteiger partial charge in [-0.2, -0.15) is 0 Å². The number of nitrogens with zero attached hydrogens (tertiary/aromatic N) is 1. The molecule has 136 valence electrons. The quantitative estimate of drug-likeness (QED) is 0.467. The third kappa shape index (κ3) is 2.95. The van der Waals surface area contributed by atoms with Crippen LogP contribution in [0.3, 0.4) is 0 Å². The van der Waals surface area contributed by atoms with Crippen LogP contribution in [0.1, 0.15) is 23.3 Å². The number of thioether (sulfide) groups is 1. The van der Waals surface area contributed by atoms with E-state index in [0.29, 0.717) is 23.8 Å². The number of nitro benzene ring substituents is 1. The average Bonchev–Trinajstić information content (AvgIpc) is 2.67. The average molecular weight is 393 g/mol. The van der Waals surface area contributed by atoms with Gasteiger partial charge in [-0.25, -0.2) is 0 Å². The van der Waals surface area contributed by atoms with Crippen molar-refractivity contribution in [3.63, 3.8) is 0 Å². The second-order valence-electron chi connectivity index (χ2n) is 6.14. The zero-order chi connectivity index (χ0) is 18.3. The molecule has 3 atom stereocenters. The fourth-order valence-corrected chi connectivity index (χ4v) is 4.40.